The first-order chi connectivity index (χ1) is 11.8. The Hall–Kier alpha value is -2.45. The fraction of sp³-hybridized carbons (Fsp3) is 0.0909. The van der Waals surface area contributed by atoms with Crippen LogP contribution in [-0.4, -0.2) is 0 Å². The van der Waals surface area contributed by atoms with Gasteiger partial charge in [-0.05, 0) is 29.2 Å². The lowest BCUT2D eigenvalue weighted by Gasteiger charge is -2.11. The summed E-state index contributed by atoms with van der Waals surface area (Å²) in [6.45, 7) is 2.16. The molecule has 0 amide bonds. The highest BCUT2D eigenvalue weighted by molar-refractivity contribution is 8.08. The maximum Gasteiger partial charge on any atom is 0.102 e. The molecule has 4 rings (SSSR count). The van der Waals surface area contributed by atoms with Crippen molar-refractivity contribution in [3.63, 3.8) is 0 Å². The molecular formula is C22H19NS. The molecule has 118 valence electrons. The molecule has 0 bridgehead atoms. The number of allylic oxidation sites excluding steroid dienone is 1. The third-order valence-corrected chi connectivity index (χ3v) is 5.68. The molecule has 0 saturated heterocycles. The number of thioether (sulfide) groups is 1. The van der Waals surface area contributed by atoms with Crippen molar-refractivity contribution in [2.24, 2.45) is 0 Å². The van der Waals surface area contributed by atoms with Crippen molar-refractivity contribution in [1.29, 1.82) is 0 Å². The van der Waals surface area contributed by atoms with Crippen molar-refractivity contribution >= 4 is 16.7 Å². The Morgan fingerprint density at radius 3 is 1.88 bits per heavy atom. The number of nitrogens with one attached hydrogen (secondary N) is 1. The van der Waals surface area contributed by atoms with Gasteiger partial charge in [-0.1, -0.05) is 96.7 Å². The van der Waals surface area contributed by atoms with Crippen LogP contribution in [0.3, 0.4) is 0 Å². The molecule has 0 radical (unpaired) electrons. The fourth-order valence-electron chi connectivity index (χ4n) is 3.01. The summed E-state index contributed by atoms with van der Waals surface area (Å²) in [5.41, 5.74) is 6.37. The van der Waals surface area contributed by atoms with Crippen LogP contribution < -0.4 is 5.32 Å². The molecule has 1 N–H and O–H groups in total. The van der Waals surface area contributed by atoms with Crippen LogP contribution in [0, 0.1) is 0 Å². The van der Waals surface area contributed by atoms with E-state index < -0.39 is 0 Å². The molecule has 3 aromatic rings. The molecule has 2 heteroatoms. The van der Waals surface area contributed by atoms with Crippen LogP contribution in [0.5, 0.6) is 0 Å². The third kappa shape index (κ3) is 2.98. The minimum Gasteiger partial charge on any atom is -0.372 e. The Morgan fingerprint density at radius 2 is 1.21 bits per heavy atom. The summed E-state index contributed by atoms with van der Waals surface area (Å²) >= 11 is 1.90. The van der Waals surface area contributed by atoms with Crippen LogP contribution in [0.1, 0.15) is 23.4 Å². The molecule has 0 fully saturated rings. The number of benzene rings is 3. The van der Waals surface area contributed by atoms with Crippen molar-refractivity contribution in [3.8, 4) is 11.1 Å². The summed E-state index contributed by atoms with van der Waals surface area (Å²) in [5, 5.41) is 3.91. The quantitative estimate of drug-likeness (QED) is 0.625. The molecule has 3 aromatic carbocycles. The van der Waals surface area contributed by atoms with E-state index in [2.05, 4.69) is 97.2 Å². The maximum absolute atomic E-state index is 3.61. The monoisotopic (exact) mass is 329 g/mol. The average molecular weight is 329 g/mol. The Balaban J connectivity index is 1.57. The van der Waals surface area contributed by atoms with Gasteiger partial charge < -0.3 is 5.32 Å². The lowest BCUT2D eigenvalue weighted by atomic mass is 10.0. The van der Waals surface area contributed by atoms with Crippen molar-refractivity contribution in [3.05, 3.63) is 102 Å². The van der Waals surface area contributed by atoms with E-state index in [0.717, 1.165) is 0 Å². The Kier molecular flexibility index (Phi) is 4.14. The fourth-order valence-corrected chi connectivity index (χ4v) is 4.28. The number of rotatable bonds is 3. The summed E-state index contributed by atoms with van der Waals surface area (Å²) in [6, 6.07) is 30.0. The predicted octanol–water partition coefficient (Wildman–Crippen LogP) is 6.08. The lowest BCUT2D eigenvalue weighted by molar-refractivity contribution is 0.812. The first kappa shape index (κ1) is 15.1. The van der Waals surface area contributed by atoms with Crippen LogP contribution >= 0.6 is 11.8 Å². The first-order valence-electron chi connectivity index (χ1n) is 8.16. The van der Waals surface area contributed by atoms with Gasteiger partial charge in [0.25, 0.3) is 0 Å². The second kappa shape index (κ2) is 6.58. The third-order valence-electron chi connectivity index (χ3n) is 4.28. The molecule has 0 saturated carbocycles. The van der Waals surface area contributed by atoms with E-state index in [1.165, 1.54) is 32.9 Å². The average Bonchev–Trinajstić information content (AvgIpc) is 3.05. The second-order valence-electron chi connectivity index (χ2n) is 5.95. The van der Waals surface area contributed by atoms with E-state index in [-0.39, 0.29) is 0 Å². The molecule has 1 atom stereocenters. The van der Waals surface area contributed by atoms with Gasteiger partial charge in [0, 0.05) is 10.6 Å². The topological polar surface area (TPSA) is 12.0 Å². The van der Waals surface area contributed by atoms with Crippen LogP contribution in [-0.2, 0) is 0 Å². The highest BCUT2D eigenvalue weighted by Gasteiger charge is 2.23. The molecule has 1 aliphatic heterocycles. The van der Waals surface area contributed by atoms with Crippen molar-refractivity contribution in [2.45, 2.75) is 12.3 Å². The molecule has 0 spiro atoms. The minimum atomic E-state index is 0.301. The smallest absolute Gasteiger partial charge is 0.102 e. The number of hydrogen-bond acceptors (Lipinski definition) is 2. The van der Waals surface area contributed by atoms with Crippen LogP contribution in [0.15, 0.2) is 90.6 Å². The van der Waals surface area contributed by atoms with Crippen molar-refractivity contribution in [2.75, 3.05) is 0 Å². The van der Waals surface area contributed by atoms with Gasteiger partial charge in [-0.15, -0.1) is 0 Å². The summed E-state index contributed by atoms with van der Waals surface area (Å²) in [7, 11) is 0. The van der Waals surface area contributed by atoms with Crippen LogP contribution in [0.4, 0.5) is 0 Å². The summed E-state index contributed by atoms with van der Waals surface area (Å²) in [6.07, 6.45) is 0. The van der Waals surface area contributed by atoms with Gasteiger partial charge in [-0.3, -0.25) is 0 Å². The van der Waals surface area contributed by atoms with Gasteiger partial charge in [-0.2, -0.15) is 0 Å². The molecular weight excluding hydrogens is 310 g/mol. The molecule has 1 nitrogen and oxygen atoms in total. The molecule has 24 heavy (non-hydrogen) atoms. The second-order valence-corrected chi connectivity index (χ2v) is 7.07. The Labute approximate surface area is 147 Å². The van der Waals surface area contributed by atoms with Crippen LogP contribution in [0.2, 0.25) is 0 Å². The van der Waals surface area contributed by atoms with Crippen LogP contribution in [0.25, 0.3) is 16.0 Å². The van der Waals surface area contributed by atoms with Crippen molar-refractivity contribution in [1.82, 2.24) is 5.32 Å². The highest BCUT2D eigenvalue weighted by atomic mass is 32.2. The lowest BCUT2D eigenvalue weighted by Crippen LogP contribution is -2.10. The van der Waals surface area contributed by atoms with E-state index >= 15 is 0 Å². The maximum atomic E-state index is 3.61. The van der Waals surface area contributed by atoms with E-state index in [4.69, 9.17) is 0 Å². The largest absolute Gasteiger partial charge is 0.372 e. The van der Waals surface area contributed by atoms with Gasteiger partial charge in [-0.25, -0.2) is 0 Å². The zero-order chi connectivity index (χ0) is 16.4. The molecule has 0 aliphatic carbocycles. The van der Waals surface area contributed by atoms with Crippen molar-refractivity contribution < 1.29 is 0 Å². The Bertz CT molecular complexity index is 851. The highest BCUT2D eigenvalue weighted by Crippen LogP contribution is 2.45. The molecule has 0 aromatic heterocycles. The Morgan fingerprint density at radius 1 is 0.667 bits per heavy atom. The van der Waals surface area contributed by atoms with Gasteiger partial charge in [0.05, 0.1) is 0 Å². The zero-order valence-electron chi connectivity index (χ0n) is 13.6. The molecule has 1 aliphatic rings. The zero-order valence-corrected chi connectivity index (χ0v) is 14.4. The van der Waals surface area contributed by atoms with E-state index in [1.807, 2.05) is 11.8 Å². The van der Waals surface area contributed by atoms with Gasteiger partial charge in [0.15, 0.2) is 0 Å². The van der Waals surface area contributed by atoms with E-state index in [1.54, 1.807) is 0 Å². The summed E-state index contributed by atoms with van der Waals surface area (Å²) in [5.74, 6) is 0. The van der Waals surface area contributed by atoms with Gasteiger partial charge in [0.1, 0.15) is 5.37 Å². The van der Waals surface area contributed by atoms with E-state index in [0.29, 0.717) is 5.37 Å². The summed E-state index contributed by atoms with van der Waals surface area (Å²) < 4.78 is 0. The summed E-state index contributed by atoms with van der Waals surface area (Å²) in [4.78, 5) is 1.34. The standard InChI is InChI=1S/C22H19NS/c1-16-21(24-22(23-16)20-10-6-3-7-11-20)19-14-12-18(13-15-19)17-8-4-2-5-9-17/h2-15,22-23H,1H3. The number of hydrogen-bond donors (Lipinski definition) is 1. The van der Waals surface area contributed by atoms with Gasteiger partial charge in [0.2, 0.25) is 0 Å². The minimum absolute atomic E-state index is 0.301. The molecule has 1 unspecified atom stereocenters. The van der Waals surface area contributed by atoms with E-state index in [9.17, 15) is 0 Å². The SMILES string of the molecule is CC1=C(c2ccc(-c3ccccc3)cc2)SC(c2ccccc2)N1. The predicted molar refractivity (Wildman–Crippen MR) is 104 cm³/mol. The normalized spacial score (nSPS) is 17.0. The van der Waals surface area contributed by atoms with Gasteiger partial charge >= 0.3 is 0 Å². The first-order valence-corrected chi connectivity index (χ1v) is 9.04. The molecule has 1 heterocycles.